The summed E-state index contributed by atoms with van der Waals surface area (Å²) in [4.78, 5) is 27.4. The molecular weight excluding hydrogens is 312 g/mol. The number of hydrogen-bond acceptors (Lipinski definition) is 5. The Hall–Kier alpha value is -1.93. The lowest BCUT2D eigenvalue weighted by Crippen LogP contribution is -2.63. The van der Waals surface area contributed by atoms with Gasteiger partial charge in [-0.3, -0.25) is 15.1 Å². The van der Waals surface area contributed by atoms with E-state index in [4.69, 9.17) is 11.1 Å². The summed E-state index contributed by atoms with van der Waals surface area (Å²) in [5.74, 6) is -1.47. The van der Waals surface area contributed by atoms with Gasteiger partial charge < -0.3 is 20.8 Å². The summed E-state index contributed by atoms with van der Waals surface area (Å²) < 4.78 is 0. The molecule has 0 unspecified atom stereocenters. The van der Waals surface area contributed by atoms with E-state index >= 15 is 0 Å². The lowest BCUT2D eigenvalue weighted by Gasteiger charge is -2.46. The van der Waals surface area contributed by atoms with Gasteiger partial charge in [-0.2, -0.15) is 0 Å². The maximum atomic E-state index is 12.3. The number of hydrogen-bond donors (Lipinski definition) is 4. The van der Waals surface area contributed by atoms with Crippen molar-refractivity contribution in [3.05, 3.63) is 11.3 Å². The minimum atomic E-state index is -1.09. The molecule has 2 saturated heterocycles. The predicted octanol–water partition coefficient (Wildman–Crippen LogP) is -0.560. The molecule has 0 radical (unpaired) electrons. The van der Waals surface area contributed by atoms with Gasteiger partial charge in [0.05, 0.1) is 23.9 Å². The largest absolute Gasteiger partial charge is 0.477 e. The first-order valence-corrected chi connectivity index (χ1v) is 8.25. The summed E-state index contributed by atoms with van der Waals surface area (Å²) in [5.41, 5.74) is 6.25. The molecule has 0 aromatic carbocycles. The van der Waals surface area contributed by atoms with Crippen molar-refractivity contribution in [2.24, 2.45) is 23.5 Å². The van der Waals surface area contributed by atoms with E-state index in [-0.39, 0.29) is 29.4 Å². The maximum absolute atomic E-state index is 12.3. The van der Waals surface area contributed by atoms with Crippen molar-refractivity contribution in [3.8, 4) is 0 Å². The van der Waals surface area contributed by atoms with Crippen LogP contribution < -0.4 is 5.73 Å². The van der Waals surface area contributed by atoms with Gasteiger partial charge in [0, 0.05) is 32.0 Å². The van der Waals surface area contributed by atoms with Gasteiger partial charge in [0.2, 0.25) is 5.91 Å². The van der Waals surface area contributed by atoms with Gasteiger partial charge in [-0.15, -0.1) is 0 Å². The molecule has 4 atom stereocenters. The molecule has 8 nitrogen and oxygen atoms in total. The van der Waals surface area contributed by atoms with E-state index in [9.17, 15) is 19.8 Å². The minimum absolute atomic E-state index is 0.0831. The topological polar surface area (TPSA) is 131 Å². The van der Waals surface area contributed by atoms with Crippen molar-refractivity contribution in [2.75, 3.05) is 19.6 Å². The Morgan fingerprint density at radius 2 is 2.08 bits per heavy atom. The van der Waals surface area contributed by atoms with Crippen LogP contribution in [0.1, 0.15) is 20.3 Å². The van der Waals surface area contributed by atoms with E-state index in [0.717, 1.165) is 18.7 Å². The Morgan fingerprint density at radius 3 is 2.58 bits per heavy atom. The molecule has 2 fully saturated rings. The Morgan fingerprint density at radius 1 is 1.46 bits per heavy atom. The SMILES string of the molecule is C[C@@H](O)[C@H]1C(=O)N2C(C(=O)O)=C(CN3CC(CC(=N)N)C3)[C@H](C)[C@H]12. The second kappa shape index (κ2) is 5.86. The van der Waals surface area contributed by atoms with Gasteiger partial charge >= 0.3 is 5.97 Å². The van der Waals surface area contributed by atoms with E-state index in [0.29, 0.717) is 18.9 Å². The standard InChI is InChI=1S/C16H24N4O4/c1-7-10(6-19-4-9(5-19)3-11(17)18)14(16(23)24)20-13(7)12(8(2)21)15(20)22/h7-9,12-13,21H,3-6H2,1-2H3,(H3,17,18)(H,23,24)/t7-,8+,12+,13+/m0/s1. The van der Waals surface area contributed by atoms with Gasteiger partial charge in [0.1, 0.15) is 5.70 Å². The number of rotatable bonds is 6. The molecule has 3 aliphatic heterocycles. The first kappa shape index (κ1) is 16.9. The van der Waals surface area contributed by atoms with Crippen LogP contribution in [-0.4, -0.2) is 69.5 Å². The second-order valence-electron chi connectivity index (χ2n) is 7.22. The number of aliphatic carboxylic acids is 1. The number of aliphatic hydroxyl groups excluding tert-OH is 1. The number of β-lactam (4-membered cyclic amide) rings is 1. The highest BCUT2D eigenvalue weighted by Gasteiger charge is 2.59. The quantitative estimate of drug-likeness (QED) is 0.292. The Labute approximate surface area is 140 Å². The van der Waals surface area contributed by atoms with Crippen molar-refractivity contribution in [3.63, 3.8) is 0 Å². The molecule has 3 aliphatic rings. The first-order chi connectivity index (χ1) is 11.2. The maximum Gasteiger partial charge on any atom is 0.352 e. The molecular formula is C16H24N4O4. The molecule has 0 bridgehead atoms. The second-order valence-corrected chi connectivity index (χ2v) is 7.22. The number of carbonyl (C=O) groups is 2. The van der Waals surface area contributed by atoms with Crippen LogP contribution in [-0.2, 0) is 9.59 Å². The number of carbonyl (C=O) groups excluding carboxylic acids is 1. The predicted molar refractivity (Wildman–Crippen MR) is 86.1 cm³/mol. The number of amides is 1. The van der Waals surface area contributed by atoms with Crippen molar-refractivity contribution in [1.82, 2.24) is 9.80 Å². The normalized spacial score (nSPS) is 31.5. The molecule has 5 N–H and O–H groups in total. The smallest absolute Gasteiger partial charge is 0.352 e. The van der Waals surface area contributed by atoms with Gasteiger partial charge in [-0.25, -0.2) is 4.79 Å². The lowest BCUT2D eigenvalue weighted by molar-refractivity contribution is -0.163. The Bertz CT molecular complexity index is 624. The summed E-state index contributed by atoms with van der Waals surface area (Å²) in [6, 6.07) is -0.257. The molecule has 8 heteroatoms. The number of fused-ring (bicyclic) bond motifs is 1. The molecule has 0 spiro atoms. The van der Waals surface area contributed by atoms with Crippen LogP contribution >= 0.6 is 0 Å². The third kappa shape index (κ3) is 2.50. The van der Waals surface area contributed by atoms with E-state index in [1.807, 2.05) is 6.92 Å². The third-order valence-electron chi connectivity index (χ3n) is 5.45. The van der Waals surface area contributed by atoms with E-state index in [1.165, 1.54) is 4.90 Å². The van der Waals surface area contributed by atoms with Gasteiger partial charge in [0.15, 0.2) is 0 Å². The average molecular weight is 336 g/mol. The lowest BCUT2D eigenvalue weighted by atomic mass is 9.77. The van der Waals surface area contributed by atoms with Crippen LogP contribution in [0.15, 0.2) is 11.3 Å². The molecule has 3 rings (SSSR count). The van der Waals surface area contributed by atoms with Crippen LogP contribution in [0.2, 0.25) is 0 Å². The summed E-state index contributed by atoms with van der Waals surface area (Å²) in [6.45, 7) is 5.57. The average Bonchev–Trinajstić information content (AvgIpc) is 2.65. The molecule has 24 heavy (non-hydrogen) atoms. The Balaban J connectivity index is 1.74. The minimum Gasteiger partial charge on any atom is -0.477 e. The van der Waals surface area contributed by atoms with Crippen LogP contribution in [0.25, 0.3) is 0 Å². The summed E-state index contributed by atoms with van der Waals surface area (Å²) in [7, 11) is 0. The monoisotopic (exact) mass is 336 g/mol. The fourth-order valence-electron chi connectivity index (χ4n) is 4.34. The van der Waals surface area contributed by atoms with Crippen molar-refractivity contribution >= 4 is 17.7 Å². The molecule has 0 saturated carbocycles. The highest BCUT2D eigenvalue weighted by atomic mass is 16.4. The molecule has 0 aromatic rings. The highest BCUT2D eigenvalue weighted by molar-refractivity contribution is 6.00. The number of aliphatic hydroxyl groups is 1. The van der Waals surface area contributed by atoms with Crippen LogP contribution in [0.3, 0.4) is 0 Å². The van der Waals surface area contributed by atoms with Crippen LogP contribution in [0, 0.1) is 23.2 Å². The molecule has 0 aromatic heterocycles. The number of likely N-dealkylation sites (tertiary alicyclic amines) is 1. The first-order valence-electron chi connectivity index (χ1n) is 8.25. The fourth-order valence-corrected chi connectivity index (χ4v) is 4.34. The van der Waals surface area contributed by atoms with Crippen molar-refractivity contribution in [2.45, 2.75) is 32.4 Å². The number of nitrogens with two attached hydrogens (primary N) is 1. The van der Waals surface area contributed by atoms with E-state index in [2.05, 4.69) is 4.90 Å². The number of nitrogens with zero attached hydrogens (tertiary/aromatic N) is 2. The van der Waals surface area contributed by atoms with Gasteiger partial charge in [-0.1, -0.05) is 6.92 Å². The summed E-state index contributed by atoms with van der Waals surface area (Å²) in [6.07, 6.45) is -0.214. The summed E-state index contributed by atoms with van der Waals surface area (Å²) in [5, 5.41) is 26.7. The van der Waals surface area contributed by atoms with E-state index < -0.39 is 18.0 Å². The van der Waals surface area contributed by atoms with Crippen LogP contribution in [0.5, 0.6) is 0 Å². The Kier molecular flexibility index (Phi) is 4.13. The number of amidine groups is 1. The van der Waals surface area contributed by atoms with Gasteiger partial charge in [-0.05, 0) is 18.4 Å². The zero-order valence-corrected chi connectivity index (χ0v) is 13.9. The number of carboxylic acid groups (broad SMARTS) is 1. The molecule has 3 heterocycles. The van der Waals surface area contributed by atoms with Gasteiger partial charge in [0.25, 0.3) is 0 Å². The third-order valence-corrected chi connectivity index (χ3v) is 5.45. The number of nitrogens with one attached hydrogen (secondary N) is 1. The van der Waals surface area contributed by atoms with Crippen molar-refractivity contribution in [1.29, 1.82) is 5.41 Å². The van der Waals surface area contributed by atoms with Crippen LogP contribution in [0.4, 0.5) is 0 Å². The molecule has 0 aliphatic carbocycles. The fraction of sp³-hybridized carbons (Fsp3) is 0.688. The zero-order chi connectivity index (χ0) is 17.8. The van der Waals surface area contributed by atoms with Crippen molar-refractivity contribution < 1.29 is 19.8 Å². The molecule has 132 valence electrons. The van der Waals surface area contributed by atoms with E-state index in [1.54, 1.807) is 6.92 Å². The highest BCUT2D eigenvalue weighted by Crippen LogP contribution is 2.47. The zero-order valence-electron chi connectivity index (χ0n) is 13.9. The summed E-state index contributed by atoms with van der Waals surface area (Å²) >= 11 is 0. The molecule has 1 amide bonds. The number of carboxylic acids is 1.